The summed E-state index contributed by atoms with van der Waals surface area (Å²) in [6.07, 6.45) is 4.04. The van der Waals surface area contributed by atoms with Gasteiger partial charge in [-0.3, -0.25) is 9.69 Å². The Morgan fingerprint density at radius 1 is 1.33 bits per heavy atom. The standard InChI is InChI=1S/C15H22N2O4/c18-15(13-2-6-21-11-13)16-9-14(12-1-5-20-10-12)17-3-7-19-8-4-17/h2,6,11-12,14H,1,3-5,7-10H2,(H,16,18)/t12-,14-/m1/s1. The highest BCUT2D eigenvalue weighted by Crippen LogP contribution is 2.22. The highest BCUT2D eigenvalue weighted by molar-refractivity contribution is 5.93. The Balaban J connectivity index is 1.59. The minimum atomic E-state index is -0.0825. The van der Waals surface area contributed by atoms with Crippen LogP contribution >= 0.6 is 0 Å². The monoisotopic (exact) mass is 294 g/mol. The quantitative estimate of drug-likeness (QED) is 0.868. The fourth-order valence-corrected chi connectivity index (χ4v) is 3.05. The van der Waals surface area contributed by atoms with Gasteiger partial charge in [0.05, 0.1) is 31.6 Å². The number of carbonyl (C=O) groups is 1. The Kier molecular flexibility index (Phi) is 4.90. The highest BCUT2D eigenvalue weighted by Gasteiger charge is 2.31. The van der Waals surface area contributed by atoms with Crippen molar-refractivity contribution in [2.24, 2.45) is 5.92 Å². The lowest BCUT2D eigenvalue weighted by Crippen LogP contribution is -2.52. The number of nitrogens with one attached hydrogen (secondary N) is 1. The number of carbonyl (C=O) groups excluding carboxylic acids is 1. The summed E-state index contributed by atoms with van der Waals surface area (Å²) in [7, 11) is 0. The molecule has 1 N–H and O–H groups in total. The minimum absolute atomic E-state index is 0.0825. The van der Waals surface area contributed by atoms with E-state index >= 15 is 0 Å². The third-order valence-electron chi connectivity index (χ3n) is 4.28. The maximum atomic E-state index is 12.1. The van der Waals surface area contributed by atoms with Crippen LogP contribution in [0.5, 0.6) is 0 Å². The van der Waals surface area contributed by atoms with Crippen LogP contribution in [0.25, 0.3) is 0 Å². The number of morpholine rings is 1. The molecule has 0 unspecified atom stereocenters. The maximum Gasteiger partial charge on any atom is 0.254 e. The maximum absolute atomic E-state index is 12.1. The summed E-state index contributed by atoms with van der Waals surface area (Å²) in [4.78, 5) is 14.5. The Morgan fingerprint density at radius 2 is 2.19 bits per heavy atom. The number of nitrogens with zero attached hydrogens (tertiary/aromatic N) is 1. The van der Waals surface area contributed by atoms with E-state index in [9.17, 15) is 4.79 Å². The van der Waals surface area contributed by atoms with Crippen molar-refractivity contribution in [2.45, 2.75) is 12.5 Å². The van der Waals surface area contributed by atoms with E-state index in [0.29, 0.717) is 24.1 Å². The molecule has 1 amide bonds. The molecule has 2 fully saturated rings. The van der Waals surface area contributed by atoms with Crippen LogP contribution in [0.15, 0.2) is 23.0 Å². The topological polar surface area (TPSA) is 63.9 Å². The van der Waals surface area contributed by atoms with E-state index < -0.39 is 0 Å². The third-order valence-corrected chi connectivity index (χ3v) is 4.28. The zero-order valence-corrected chi connectivity index (χ0v) is 12.1. The molecule has 116 valence electrons. The van der Waals surface area contributed by atoms with E-state index in [1.54, 1.807) is 6.07 Å². The lowest BCUT2D eigenvalue weighted by molar-refractivity contribution is 0.00166. The number of ether oxygens (including phenoxy) is 2. The molecule has 0 saturated carbocycles. The van der Waals surface area contributed by atoms with E-state index in [0.717, 1.165) is 45.9 Å². The number of furan rings is 1. The molecule has 6 nitrogen and oxygen atoms in total. The second kappa shape index (κ2) is 7.06. The Labute approximate surface area is 124 Å². The fourth-order valence-electron chi connectivity index (χ4n) is 3.05. The summed E-state index contributed by atoms with van der Waals surface area (Å²) in [5.74, 6) is 0.397. The van der Waals surface area contributed by atoms with E-state index in [2.05, 4.69) is 10.2 Å². The van der Waals surface area contributed by atoms with Crippen LogP contribution in [-0.2, 0) is 9.47 Å². The molecule has 1 aromatic heterocycles. The fraction of sp³-hybridized carbons (Fsp3) is 0.667. The molecule has 2 aliphatic rings. The molecule has 0 aromatic carbocycles. The molecule has 2 atom stereocenters. The van der Waals surface area contributed by atoms with Crippen molar-refractivity contribution < 1.29 is 18.7 Å². The lowest BCUT2D eigenvalue weighted by Gasteiger charge is -2.37. The first kappa shape index (κ1) is 14.6. The van der Waals surface area contributed by atoms with Crippen LogP contribution in [0.3, 0.4) is 0 Å². The van der Waals surface area contributed by atoms with Crippen LogP contribution in [0.2, 0.25) is 0 Å². The first-order chi connectivity index (χ1) is 10.3. The number of rotatable bonds is 5. The van der Waals surface area contributed by atoms with E-state index in [-0.39, 0.29) is 5.91 Å². The van der Waals surface area contributed by atoms with Gasteiger partial charge in [-0.15, -0.1) is 0 Å². The van der Waals surface area contributed by atoms with Gasteiger partial charge in [0.15, 0.2) is 0 Å². The van der Waals surface area contributed by atoms with E-state index in [4.69, 9.17) is 13.9 Å². The SMILES string of the molecule is O=C(NC[C@H]([C@@H]1CCOC1)N1CCOCC1)c1ccoc1. The summed E-state index contributed by atoms with van der Waals surface area (Å²) < 4.78 is 15.9. The second-order valence-corrected chi connectivity index (χ2v) is 5.56. The van der Waals surface area contributed by atoms with Crippen LogP contribution in [0.4, 0.5) is 0 Å². The van der Waals surface area contributed by atoms with E-state index in [1.165, 1.54) is 12.5 Å². The molecule has 21 heavy (non-hydrogen) atoms. The minimum Gasteiger partial charge on any atom is -0.472 e. The first-order valence-electron chi connectivity index (χ1n) is 7.54. The van der Waals surface area contributed by atoms with Crippen molar-refractivity contribution in [3.05, 3.63) is 24.2 Å². The zero-order chi connectivity index (χ0) is 14.5. The summed E-state index contributed by atoms with van der Waals surface area (Å²) in [5, 5.41) is 3.02. The summed E-state index contributed by atoms with van der Waals surface area (Å²) in [5.41, 5.74) is 0.568. The molecule has 6 heteroatoms. The molecule has 0 radical (unpaired) electrons. The third kappa shape index (κ3) is 3.64. The number of hydrogen-bond acceptors (Lipinski definition) is 5. The van der Waals surface area contributed by atoms with Crippen LogP contribution in [0, 0.1) is 5.92 Å². The molecule has 3 rings (SSSR count). The van der Waals surface area contributed by atoms with Crippen molar-refractivity contribution in [3.63, 3.8) is 0 Å². The summed E-state index contributed by atoms with van der Waals surface area (Å²) in [6, 6.07) is 1.99. The molecular weight excluding hydrogens is 272 g/mol. The van der Waals surface area contributed by atoms with Gasteiger partial charge in [-0.1, -0.05) is 0 Å². The van der Waals surface area contributed by atoms with Gasteiger partial charge in [0.1, 0.15) is 6.26 Å². The predicted molar refractivity (Wildman–Crippen MR) is 76.1 cm³/mol. The van der Waals surface area contributed by atoms with Crippen LogP contribution < -0.4 is 5.32 Å². The molecule has 1 aromatic rings. The summed E-state index contributed by atoms with van der Waals surface area (Å²) in [6.45, 7) is 5.60. The number of hydrogen-bond donors (Lipinski definition) is 1. The van der Waals surface area contributed by atoms with Crippen molar-refractivity contribution in [2.75, 3.05) is 46.1 Å². The molecule has 0 aliphatic carbocycles. The molecule has 0 bridgehead atoms. The van der Waals surface area contributed by atoms with Gasteiger partial charge >= 0.3 is 0 Å². The van der Waals surface area contributed by atoms with Crippen molar-refractivity contribution in [3.8, 4) is 0 Å². The average Bonchev–Trinajstić information content (AvgIpc) is 3.22. The molecule has 3 heterocycles. The Bertz CT molecular complexity index is 437. The van der Waals surface area contributed by atoms with Gasteiger partial charge in [0.2, 0.25) is 0 Å². The number of amides is 1. The highest BCUT2D eigenvalue weighted by atomic mass is 16.5. The first-order valence-corrected chi connectivity index (χ1v) is 7.54. The van der Waals surface area contributed by atoms with Gasteiger partial charge in [0, 0.05) is 38.2 Å². The molecule has 2 aliphatic heterocycles. The van der Waals surface area contributed by atoms with Gasteiger partial charge in [0.25, 0.3) is 5.91 Å². The zero-order valence-electron chi connectivity index (χ0n) is 12.1. The largest absolute Gasteiger partial charge is 0.472 e. The van der Waals surface area contributed by atoms with Crippen molar-refractivity contribution >= 4 is 5.91 Å². The normalized spacial score (nSPS) is 24.9. The molecule has 0 spiro atoms. The Hall–Kier alpha value is -1.37. The Morgan fingerprint density at radius 3 is 2.86 bits per heavy atom. The van der Waals surface area contributed by atoms with Crippen molar-refractivity contribution in [1.29, 1.82) is 0 Å². The van der Waals surface area contributed by atoms with Gasteiger partial charge in [-0.25, -0.2) is 0 Å². The summed E-state index contributed by atoms with van der Waals surface area (Å²) >= 11 is 0. The van der Waals surface area contributed by atoms with Crippen LogP contribution in [-0.4, -0.2) is 62.9 Å². The van der Waals surface area contributed by atoms with Crippen LogP contribution in [0.1, 0.15) is 16.8 Å². The van der Waals surface area contributed by atoms with Gasteiger partial charge < -0.3 is 19.2 Å². The van der Waals surface area contributed by atoms with Gasteiger partial charge in [-0.05, 0) is 12.5 Å². The molecule has 2 saturated heterocycles. The second-order valence-electron chi connectivity index (χ2n) is 5.56. The van der Waals surface area contributed by atoms with Gasteiger partial charge in [-0.2, -0.15) is 0 Å². The van der Waals surface area contributed by atoms with E-state index in [1.807, 2.05) is 0 Å². The smallest absolute Gasteiger partial charge is 0.254 e. The predicted octanol–water partition coefficient (Wildman–Crippen LogP) is 0.747. The average molecular weight is 294 g/mol. The van der Waals surface area contributed by atoms with Crippen molar-refractivity contribution in [1.82, 2.24) is 10.2 Å². The lowest BCUT2D eigenvalue weighted by atomic mass is 9.96. The molecular formula is C15H22N2O4.